The Morgan fingerprint density at radius 1 is 1.31 bits per heavy atom. The van der Waals surface area contributed by atoms with E-state index in [4.69, 9.17) is 11.6 Å². The van der Waals surface area contributed by atoms with Gasteiger partial charge in [0.25, 0.3) is 0 Å². The van der Waals surface area contributed by atoms with E-state index in [1.165, 1.54) is 0 Å². The first-order chi connectivity index (χ1) is 6.15. The first-order valence-electron chi connectivity index (χ1n) is 4.59. The standard InChI is InChI=1S/C10H15ClN2/c1-8(11)3-13-6-9-4-12(2)5-10(9)7-13/h1,3-7H2,2H3. The average Bonchev–Trinajstić information content (AvgIpc) is 2.41. The van der Waals surface area contributed by atoms with Crippen LogP contribution in [0, 0.1) is 0 Å². The topological polar surface area (TPSA) is 6.48 Å². The molecule has 0 saturated heterocycles. The fourth-order valence-electron chi connectivity index (χ4n) is 2.20. The van der Waals surface area contributed by atoms with Crippen molar-refractivity contribution in [2.75, 3.05) is 39.8 Å². The summed E-state index contributed by atoms with van der Waals surface area (Å²) in [6.45, 7) is 9.01. The lowest BCUT2D eigenvalue weighted by molar-refractivity contribution is 0.335. The summed E-state index contributed by atoms with van der Waals surface area (Å²) >= 11 is 5.78. The van der Waals surface area contributed by atoms with Crippen molar-refractivity contribution in [3.05, 3.63) is 22.8 Å². The predicted octanol–water partition coefficient (Wildman–Crippen LogP) is 1.30. The van der Waals surface area contributed by atoms with E-state index in [0.717, 1.165) is 37.8 Å². The Kier molecular flexibility index (Phi) is 2.45. The largest absolute Gasteiger partial charge is 0.298 e. The highest BCUT2D eigenvalue weighted by Crippen LogP contribution is 2.24. The van der Waals surface area contributed by atoms with Crippen molar-refractivity contribution in [1.29, 1.82) is 0 Å². The van der Waals surface area contributed by atoms with Gasteiger partial charge in [0.05, 0.1) is 0 Å². The van der Waals surface area contributed by atoms with Crippen LogP contribution in [0.15, 0.2) is 22.8 Å². The van der Waals surface area contributed by atoms with E-state index >= 15 is 0 Å². The smallest absolute Gasteiger partial charge is 0.0342 e. The van der Waals surface area contributed by atoms with Crippen LogP contribution in [0.5, 0.6) is 0 Å². The second kappa shape index (κ2) is 3.45. The fourth-order valence-corrected chi connectivity index (χ4v) is 2.37. The minimum absolute atomic E-state index is 0.745. The lowest BCUT2D eigenvalue weighted by Crippen LogP contribution is -2.28. The van der Waals surface area contributed by atoms with Crippen molar-refractivity contribution in [2.45, 2.75) is 0 Å². The van der Waals surface area contributed by atoms with Crippen molar-refractivity contribution in [3.63, 3.8) is 0 Å². The fraction of sp³-hybridized carbons (Fsp3) is 0.600. The van der Waals surface area contributed by atoms with Crippen molar-refractivity contribution >= 4 is 11.6 Å². The molecule has 0 saturated carbocycles. The normalized spacial score (nSPS) is 24.2. The van der Waals surface area contributed by atoms with Gasteiger partial charge in [-0.15, -0.1) is 0 Å². The van der Waals surface area contributed by atoms with Gasteiger partial charge in [-0.2, -0.15) is 0 Å². The summed E-state index contributed by atoms with van der Waals surface area (Å²) in [6.07, 6.45) is 0. The van der Waals surface area contributed by atoms with Crippen molar-refractivity contribution in [3.8, 4) is 0 Å². The Labute approximate surface area is 84.5 Å². The number of rotatable bonds is 2. The second-order valence-corrected chi connectivity index (χ2v) is 4.58. The number of halogens is 1. The van der Waals surface area contributed by atoms with Crippen LogP contribution in [0.1, 0.15) is 0 Å². The molecule has 0 aromatic rings. The molecule has 2 aliphatic rings. The van der Waals surface area contributed by atoms with E-state index in [1.807, 2.05) is 0 Å². The van der Waals surface area contributed by atoms with Gasteiger partial charge in [0, 0.05) is 37.8 Å². The van der Waals surface area contributed by atoms with E-state index in [1.54, 1.807) is 11.1 Å². The third kappa shape index (κ3) is 1.96. The Balaban J connectivity index is 1.91. The molecule has 2 nitrogen and oxygen atoms in total. The Bertz CT molecular complexity index is 252. The maximum atomic E-state index is 5.78. The molecule has 0 aromatic carbocycles. The molecule has 13 heavy (non-hydrogen) atoms. The summed E-state index contributed by atoms with van der Waals surface area (Å²) in [5, 5.41) is 0.745. The zero-order chi connectivity index (χ0) is 9.42. The van der Waals surface area contributed by atoms with Crippen molar-refractivity contribution < 1.29 is 0 Å². The molecule has 72 valence electrons. The first-order valence-corrected chi connectivity index (χ1v) is 4.97. The van der Waals surface area contributed by atoms with Crippen LogP contribution in [0.2, 0.25) is 0 Å². The molecule has 0 radical (unpaired) electrons. The van der Waals surface area contributed by atoms with Crippen LogP contribution in [-0.2, 0) is 0 Å². The van der Waals surface area contributed by atoms with E-state index in [-0.39, 0.29) is 0 Å². The molecule has 2 heterocycles. The lowest BCUT2D eigenvalue weighted by atomic mass is 10.2. The summed E-state index contributed by atoms with van der Waals surface area (Å²) in [6, 6.07) is 0. The van der Waals surface area contributed by atoms with Crippen LogP contribution < -0.4 is 0 Å². The molecule has 0 spiro atoms. The Morgan fingerprint density at radius 3 is 2.31 bits per heavy atom. The average molecular weight is 199 g/mol. The highest BCUT2D eigenvalue weighted by atomic mass is 35.5. The van der Waals surface area contributed by atoms with Crippen molar-refractivity contribution in [1.82, 2.24) is 9.80 Å². The van der Waals surface area contributed by atoms with E-state index in [9.17, 15) is 0 Å². The summed E-state index contributed by atoms with van der Waals surface area (Å²) < 4.78 is 0. The van der Waals surface area contributed by atoms with Gasteiger partial charge in [-0.25, -0.2) is 0 Å². The minimum atomic E-state index is 0.745. The molecule has 2 aliphatic heterocycles. The molecular weight excluding hydrogens is 184 g/mol. The quantitative estimate of drug-likeness (QED) is 0.618. The summed E-state index contributed by atoms with van der Waals surface area (Å²) in [5.41, 5.74) is 3.20. The van der Waals surface area contributed by atoms with E-state index < -0.39 is 0 Å². The predicted molar refractivity (Wildman–Crippen MR) is 56.0 cm³/mol. The molecule has 0 atom stereocenters. The third-order valence-corrected chi connectivity index (χ3v) is 2.77. The van der Waals surface area contributed by atoms with Crippen LogP contribution in [-0.4, -0.2) is 49.6 Å². The maximum Gasteiger partial charge on any atom is 0.0342 e. The van der Waals surface area contributed by atoms with Crippen LogP contribution in [0.4, 0.5) is 0 Å². The SMILES string of the molecule is C=C(Cl)CN1CC2=C(CN(C)C2)C1. The van der Waals surface area contributed by atoms with Gasteiger partial charge < -0.3 is 0 Å². The molecule has 2 rings (SSSR count). The summed E-state index contributed by atoms with van der Waals surface area (Å²) in [5.74, 6) is 0. The van der Waals surface area contributed by atoms with Crippen LogP contribution in [0.25, 0.3) is 0 Å². The van der Waals surface area contributed by atoms with Gasteiger partial charge >= 0.3 is 0 Å². The molecular formula is C10H15ClN2. The van der Waals surface area contributed by atoms with Gasteiger partial charge in [0.2, 0.25) is 0 Å². The van der Waals surface area contributed by atoms with E-state index in [0.29, 0.717) is 0 Å². The molecule has 3 heteroatoms. The number of hydrogen-bond donors (Lipinski definition) is 0. The van der Waals surface area contributed by atoms with Crippen molar-refractivity contribution in [2.24, 2.45) is 0 Å². The van der Waals surface area contributed by atoms with Gasteiger partial charge in [0.1, 0.15) is 0 Å². The number of hydrogen-bond acceptors (Lipinski definition) is 2. The number of likely N-dealkylation sites (N-methyl/N-ethyl adjacent to an activating group) is 1. The molecule has 0 aromatic heterocycles. The minimum Gasteiger partial charge on any atom is -0.298 e. The summed E-state index contributed by atoms with van der Waals surface area (Å²) in [7, 11) is 2.17. The Hall–Kier alpha value is -0.310. The zero-order valence-corrected chi connectivity index (χ0v) is 8.77. The number of nitrogens with zero attached hydrogens (tertiary/aromatic N) is 2. The second-order valence-electron chi connectivity index (χ2n) is 4.04. The maximum absolute atomic E-state index is 5.78. The molecule has 0 N–H and O–H groups in total. The first kappa shape index (κ1) is 9.25. The lowest BCUT2D eigenvalue weighted by Gasteiger charge is -2.19. The van der Waals surface area contributed by atoms with Crippen LogP contribution >= 0.6 is 11.6 Å². The molecule has 0 amide bonds. The highest BCUT2D eigenvalue weighted by molar-refractivity contribution is 6.29. The summed E-state index contributed by atoms with van der Waals surface area (Å²) in [4.78, 5) is 4.71. The van der Waals surface area contributed by atoms with Gasteiger partial charge in [-0.3, -0.25) is 9.80 Å². The van der Waals surface area contributed by atoms with Gasteiger partial charge in [-0.05, 0) is 18.2 Å². The zero-order valence-electron chi connectivity index (χ0n) is 8.02. The molecule has 0 unspecified atom stereocenters. The highest BCUT2D eigenvalue weighted by Gasteiger charge is 2.27. The third-order valence-electron chi connectivity index (χ3n) is 2.65. The van der Waals surface area contributed by atoms with Gasteiger partial charge in [0.15, 0.2) is 0 Å². The molecule has 0 bridgehead atoms. The monoisotopic (exact) mass is 198 g/mol. The Morgan fingerprint density at radius 2 is 1.85 bits per heavy atom. The van der Waals surface area contributed by atoms with E-state index in [2.05, 4.69) is 23.4 Å². The van der Waals surface area contributed by atoms with Gasteiger partial charge in [-0.1, -0.05) is 18.2 Å². The molecule has 0 aliphatic carbocycles. The van der Waals surface area contributed by atoms with Crippen LogP contribution in [0.3, 0.4) is 0 Å². The molecule has 0 fully saturated rings.